The monoisotopic (exact) mass is 271 g/mol. The van der Waals surface area contributed by atoms with Crippen molar-refractivity contribution < 1.29 is 9.47 Å². The number of nitrogens with one attached hydrogen (secondary N) is 1. The average Bonchev–Trinajstić information content (AvgIpc) is 3.16. The maximum atomic E-state index is 5.80. The largest absolute Gasteiger partial charge is 0.481 e. The molecule has 2 rings (SSSR count). The molecule has 0 aromatic carbocycles. The summed E-state index contributed by atoms with van der Waals surface area (Å²) < 4.78 is 10.2. The molecule has 0 saturated heterocycles. The maximum Gasteiger partial charge on any atom is 0.229 e. The lowest BCUT2D eigenvalue weighted by Crippen LogP contribution is -2.17. The second-order valence-electron chi connectivity index (χ2n) is 4.57. The van der Waals surface area contributed by atoms with Crippen molar-refractivity contribution in [1.82, 2.24) is 9.97 Å². The Hall–Kier alpha value is -1.23. The van der Waals surface area contributed by atoms with Gasteiger partial charge in [0, 0.05) is 12.4 Å². The van der Waals surface area contributed by atoms with Gasteiger partial charge in [-0.25, -0.2) is 0 Å². The topological polar surface area (TPSA) is 56.3 Å². The van der Waals surface area contributed by atoms with Gasteiger partial charge in [0.1, 0.15) is 0 Å². The van der Waals surface area contributed by atoms with Crippen molar-refractivity contribution in [2.45, 2.75) is 19.3 Å². The molecule has 1 aliphatic carbocycles. The smallest absolute Gasteiger partial charge is 0.229 e. The zero-order valence-electron chi connectivity index (χ0n) is 10.7. The fraction of sp³-hybridized carbons (Fsp3) is 0.667. The number of ether oxygens (including phenoxy) is 2. The van der Waals surface area contributed by atoms with Crippen LogP contribution < -0.4 is 14.8 Å². The first-order chi connectivity index (χ1) is 8.71. The Labute approximate surface area is 112 Å². The third-order valence-electron chi connectivity index (χ3n) is 3.30. The number of rotatable bonds is 7. The summed E-state index contributed by atoms with van der Waals surface area (Å²) in [6.07, 6.45) is 3.46. The summed E-state index contributed by atoms with van der Waals surface area (Å²) in [6.45, 7) is 0.843. The molecule has 100 valence electrons. The Balaban J connectivity index is 2.00. The van der Waals surface area contributed by atoms with Crippen molar-refractivity contribution in [3.05, 3.63) is 6.07 Å². The van der Waals surface area contributed by atoms with Crippen LogP contribution in [-0.2, 0) is 0 Å². The molecule has 0 amide bonds. The number of hydrogen-bond acceptors (Lipinski definition) is 5. The maximum absolute atomic E-state index is 5.80. The van der Waals surface area contributed by atoms with Crippen LogP contribution >= 0.6 is 11.6 Å². The number of halogens is 1. The third kappa shape index (κ3) is 3.16. The number of alkyl halides is 1. The van der Waals surface area contributed by atoms with E-state index in [9.17, 15) is 0 Å². The second kappa shape index (κ2) is 5.61. The van der Waals surface area contributed by atoms with E-state index in [1.54, 1.807) is 20.3 Å². The molecule has 0 aliphatic heterocycles. The molecule has 1 aliphatic rings. The van der Waals surface area contributed by atoms with Crippen molar-refractivity contribution in [3.8, 4) is 11.8 Å². The van der Waals surface area contributed by atoms with Gasteiger partial charge in [-0.2, -0.15) is 9.97 Å². The lowest BCUT2D eigenvalue weighted by Gasteiger charge is -2.15. The summed E-state index contributed by atoms with van der Waals surface area (Å²) in [4.78, 5) is 8.47. The minimum Gasteiger partial charge on any atom is -0.481 e. The summed E-state index contributed by atoms with van der Waals surface area (Å²) >= 11 is 5.80. The van der Waals surface area contributed by atoms with Gasteiger partial charge in [-0.15, -0.1) is 11.6 Å². The molecule has 1 fully saturated rings. The molecule has 1 saturated carbocycles. The van der Waals surface area contributed by atoms with Crippen LogP contribution in [0.25, 0.3) is 0 Å². The van der Waals surface area contributed by atoms with Gasteiger partial charge < -0.3 is 14.8 Å². The van der Waals surface area contributed by atoms with E-state index in [-0.39, 0.29) is 0 Å². The van der Waals surface area contributed by atoms with Crippen LogP contribution in [0.1, 0.15) is 19.3 Å². The zero-order valence-corrected chi connectivity index (χ0v) is 11.5. The van der Waals surface area contributed by atoms with Gasteiger partial charge in [0.15, 0.2) is 0 Å². The molecule has 0 spiro atoms. The number of anilines is 1. The van der Waals surface area contributed by atoms with Crippen LogP contribution in [0.4, 0.5) is 5.95 Å². The van der Waals surface area contributed by atoms with E-state index in [0.29, 0.717) is 29.0 Å². The van der Waals surface area contributed by atoms with E-state index in [4.69, 9.17) is 21.1 Å². The van der Waals surface area contributed by atoms with Gasteiger partial charge in [0.25, 0.3) is 0 Å². The molecule has 0 bridgehead atoms. The first kappa shape index (κ1) is 13.2. The quantitative estimate of drug-likeness (QED) is 0.772. The first-order valence-corrected chi connectivity index (χ1v) is 6.52. The van der Waals surface area contributed by atoms with E-state index in [2.05, 4.69) is 15.3 Å². The minimum absolute atomic E-state index is 0.335. The van der Waals surface area contributed by atoms with Gasteiger partial charge in [0.05, 0.1) is 20.3 Å². The normalized spacial score (nSPS) is 16.2. The standard InChI is InChI=1S/C12H18ClN3O2/c1-17-9-7-10(18-2)16-11(15-9)14-8-12(3-4-12)5-6-13/h7H,3-6,8H2,1-2H3,(H,14,15,16). The van der Waals surface area contributed by atoms with Crippen LogP contribution in [0.5, 0.6) is 11.8 Å². The fourth-order valence-electron chi connectivity index (χ4n) is 1.85. The number of aromatic nitrogens is 2. The molecule has 0 atom stereocenters. The Bertz CT molecular complexity index is 388. The summed E-state index contributed by atoms with van der Waals surface area (Å²) in [6, 6.07) is 1.65. The zero-order chi connectivity index (χ0) is 13.0. The highest BCUT2D eigenvalue weighted by Gasteiger charge is 2.41. The predicted octanol–water partition coefficient (Wildman–Crippen LogP) is 2.31. The van der Waals surface area contributed by atoms with Crippen molar-refractivity contribution >= 4 is 17.5 Å². The average molecular weight is 272 g/mol. The molecule has 1 aromatic rings. The van der Waals surface area contributed by atoms with Gasteiger partial charge in [-0.3, -0.25) is 0 Å². The van der Waals surface area contributed by atoms with Crippen LogP contribution in [0.3, 0.4) is 0 Å². The molecule has 1 aromatic heterocycles. The molecule has 18 heavy (non-hydrogen) atoms. The van der Waals surface area contributed by atoms with Gasteiger partial charge in [0.2, 0.25) is 17.7 Å². The van der Waals surface area contributed by atoms with Crippen molar-refractivity contribution in [2.75, 3.05) is 32.0 Å². The van der Waals surface area contributed by atoms with Crippen molar-refractivity contribution in [3.63, 3.8) is 0 Å². The molecule has 1 N–H and O–H groups in total. The minimum atomic E-state index is 0.335. The lowest BCUT2D eigenvalue weighted by atomic mass is 10.0. The van der Waals surface area contributed by atoms with E-state index in [1.165, 1.54) is 12.8 Å². The van der Waals surface area contributed by atoms with E-state index in [0.717, 1.165) is 13.0 Å². The van der Waals surface area contributed by atoms with Crippen molar-refractivity contribution in [1.29, 1.82) is 0 Å². The van der Waals surface area contributed by atoms with E-state index >= 15 is 0 Å². The van der Waals surface area contributed by atoms with Gasteiger partial charge in [-0.05, 0) is 24.7 Å². The Morgan fingerprint density at radius 1 is 1.28 bits per heavy atom. The summed E-state index contributed by atoms with van der Waals surface area (Å²) in [5, 5.41) is 3.24. The van der Waals surface area contributed by atoms with Crippen molar-refractivity contribution in [2.24, 2.45) is 5.41 Å². The summed E-state index contributed by atoms with van der Waals surface area (Å²) in [7, 11) is 3.14. The fourth-order valence-corrected chi connectivity index (χ4v) is 2.25. The number of hydrogen-bond donors (Lipinski definition) is 1. The van der Waals surface area contributed by atoms with E-state index < -0.39 is 0 Å². The highest BCUT2D eigenvalue weighted by Crippen LogP contribution is 2.48. The lowest BCUT2D eigenvalue weighted by molar-refractivity contribution is 0.372. The van der Waals surface area contributed by atoms with Crippen LogP contribution in [-0.4, -0.2) is 36.6 Å². The van der Waals surface area contributed by atoms with Gasteiger partial charge >= 0.3 is 0 Å². The first-order valence-electron chi connectivity index (χ1n) is 5.98. The molecule has 0 unspecified atom stereocenters. The SMILES string of the molecule is COc1cc(OC)nc(NCC2(CCCl)CC2)n1. The van der Waals surface area contributed by atoms with Crippen LogP contribution in [0, 0.1) is 5.41 Å². The second-order valence-corrected chi connectivity index (χ2v) is 4.95. The molecular formula is C12H18ClN3O2. The highest BCUT2D eigenvalue weighted by atomic mass is 35.5. The van der Waals surface area contributed by atoms with Crippen LogP contribution in [0.15, 0.2) is 6.07 Å². The Morgan fingerprint density at radius 2 is 1.89 bits per heavy atom. The Morgan fingerprint density at radius 3 is 2.33 bits per heavy atom. The Kier molecular flexibility index (Phi) is 4.11. The molecular weight excluding hydrogens is 254 g/mol. The van der Waals surface area contributed by atoms with Crippen LogP contribution in [0.2, 0.25) is 0 Å². The molecule has 5 nitrogen and oxygen atoms in total. The highest BCUT2D eigenvalue weighted by molar-refractivity contribution is 6.17. The molecule has 0 radical (unpaired) electrons. The summed E-state index contributed by atoms with van der Waals surface area (Å²) in [5.74, 6) is 2.22. The van der Waals surface area contributed by atoms with E-state index in [1.807, 2.05) is 0 Å². The third-order valence-corrected chi connectivity index (χ3v) is 3.49. The molecule has 6 heteroatoms. The predicted molar refractivity (Wildman–Crippen MR) is 70.6 cm³/mol. The van der Waals surface area contributed by atoms with Gasteiger partial charge in [-0.1, -0.05) is 0 Å². The number of nitrogens with zero attached hydrogens (tertiary/aromatic N) is 2. The molecule has 1 heterocycles. The summed E-state index contributed by atoms with van der Waals surface area (Å²) in [5.41, 5.74) is 0.335. The number of methoxy groups -OCH3 is 2.